The third-order valence-corrected chi connectivity index (χ3v) is 10.0. The Hall–Kier alpha value is -4.50. The monoisotopic (exact) mass is 655 g/mol. The molecule has 0 saturated carbocycles. The first-order valence-electron chi connectivity index (χ1n) is 14.9. The number of sulfonamides is 1. The van der Waals surface area contributed by atoms with Gasteiger partial charge in [-0.1, -0.05) is 12.1 Å². The zero-order valence-corrected chi connectivity index (χ0v) is 25.5. The van der Waals surface area contributed by atoms with Crippen LogP contribution in [0.2, 0.25) is 0 Å². The van der Waals surface area contributed by atoms with Gasteiger partial charge in [0.15, 0.2) is 0 Å². The maximum absolute atomic E-state index is 14.0. The Bertz CT molecular complexity index is 1780. The van der Waals surface area contributed by atoms with E-state index in [9.17, 15) is 26.4 Å². The number of halogens is 3. The lowest BCUT2D eigenvalue weighted by Crippen LogP contribution is -2.56. The molecule has 2 aliphatic heterocycles. The van der Waals surface area contributed by atoms with Crippen LogP contribution in [0.1, 0.15) is 24.8 Å². The third-order valence-electron chi connectivity index (χ3n) is 8.07. The zero-order valence-electron chi connectivity index (χ0n) is 24.7. The van der Waals surface area contributed by atoms with Crippen LogP contribution in [0.15, 0.2) is 78.1 Å². The van der Waals surface area contributed by atoms with E-state index in [-0.39, 0.29) is 36.7 Å². The van der Waals surface area contributed by atoms with Gasteiger partial charge in [-0.15, -0.1) is 13.2 Å². The predicted octanol–water partition coefficient (Wildman–Crippen LogP) is 4.11. The number of piperazine rings is 1. The van der Waals surface area contributed by atoms with Gasteiger partial charge >= 0.3 is 6.36 Å². The summed E-state index contributed by atoms with van der Waals surface area (Å²) >= 11 is 0. The molecule has 0 unspecified atom stereocenters. The fourth-order valence-electron chi connectivity index (χ4n) is 5.77. The second-order valence-electron chi connectivity index (χ2n) is 11.2. The number of anilines is 2. The van der Waals surface area contributed by atoms with Crippen LogP contribution in [-0.4, -0.2) is 78.7 Å². The van der Waals surface area contributed by atoms with Gasteiger partial charge in [-0.3, -0.25) is 9.78 Å². The number of nitrogens with one attached hydrogen (secondary N) is 1. The van der Waals surface area contributed by atoms with Crippen molar-refractivity contribution in [3.8, 4) is 5.75 Å². The van der Waals surface area contributed by atoms with Gasteiger partial charge in [0, 0.05) is 57.6 Å². The maximum Gasteiger partial charge on any atom is 0.573 e. The summed E-state index contributed by atoms with van der Waals surface area (Å²) in [4.78, 5) is 30.6. The predicted molar refractivity (Wildman–Crippen MR) is 165 cm³/mol. The highest BCUT2D eigenvalue weighted by Gasteiger charge is 2.38. The Morgan fingerprint density at radius 2 is 1.65 bits per heavy atom. The van der Waals surface area contributed by atoms with E-state index < -0.39 is 28.3 Å². The average Bonchev–Trinajstić information content (AvgIpc) is 3.59. The number of carbonyl (C=O) groups is 1. The van der Waals surface area contributed by atoms with Crippen molar-refractivity contribution in [2.45, 2.75) is 43.1 Å². The molecule has 2 aliphatic rings. The minimum absolute atomic E-state index is 0.0382. The normalized spacial score (nSPS) is 17.8. The maximum atomic E-state index is 14.0. The summed E-state index contributed by atoms with van der Waals surface area (Å²) in [6, 6.07) is 13.0. The average molecular weight is 656 g/mol. The van der Waals surface area contributed by atoms with E-state index in [1.54, 1.807) is 36.8 Å². The number of hydrogen-bond acceptors (Lipinski definition) is 9. The molecular formula is C31H32F3N7O4S. The standard InChI is InChI=1S/C31H32F3N7O4S/c32-31(33,34)45-25-7-3-22(4-8-25)18-37-30(42)17-24-21-40(29-20-36-28-19-35-12-11-27(28)38-29)15-16-41(24)46(43,44)26-9-5-23(6-10-26)39-13-1-2-14-39/h3-12,19-20,24H,1-2,13-18,21H2,(H,37,42)/t24-/m0/s1. The number of alkyl halides is 3. The Morgan fingerprint density at radius 3 is 2.37 bits per heavy atom. The number of benzene rings is 2. The molecule has 0 radical (unpaired) electrons. The van der Waals surface area contributed by atoms with Crippen LogP contribution < -0.4 is 19.9 Å². The first-order chi connectivity index (χ1) is 22.0. The largest absolute Gasteiger partial charge is 0.573 e. The first-order valence-corrected chi connectivity index (χ1v) is 16.3. The molecule has 2 saturated heterocycles. The van der Waals surface area contributed by atoms with Crippen LogP contribution in [0.4, 0.5) is 24.7 Å². The molecule has 46 heavy (non-hydrogen) atoms. The number of ether oxygens (including phenoxy) is 1. The lowest BCUT2D eigenvalue weighted by molar-refractivity contribution is -0.274. The summed E-state index contributed by atoms with van der Waals surface area (Å²) in [6.45, 7) is 2.55. The summed E-state index contributed by atoms with van der Waals surface area (Å²) < 4.78 is 70.7. The van der Waals surface area contributed by atoms with Gasteiger partial charge in [0.05, 0.1) is 28.8 Å². The van der Waals surface area contributed by atoms with Crippen LogP contribution in [0, 0.1) is 0 Å². The number of carbonyl (C=O) groups excluding carboxylic acids is 1. The number of rotatable bonds is 9. The van der Waals surface area contributed by atoms with E-state index in [2.05, 4.69) is 29.9 Å². The van der Waals surface area contributed by atoms with Crippen molar-refractivity contribution in [2.24, 2.45) is 0 Å². The number of amides is 1. The SMILES string of the molecule is O=C(C[C@H]1CN(c2cnc3cnccc3n2)CCN1S(=O)(=O)c1ccc(N2CCCC2)cc1)NCc1ccc(OC(F)(F)F)cc1. The van der Waals surface area contributed by atoms with Crippen LogP contribution in [0.25, 0.3) is 11.0 Å². The second kappa shape index (κ2) is 13.1. The molecule has 2 aromatic carbocycles. The van der Waals surface area contributed by atoms with Gasteiger partial charge in [-0.2, -0.15) is 4.31 Å². The minimum atomic E-state index is -4.80. The van der Waals surface area contributed by atoms with Crippen molar-refractivity contribution < 1.29 is 31.1 Å². The molecule has 2 aromatic heterocycles. The topological polar surface area (TPSA) is 121 Å². The van der Waals surface area contributed by atoms with Gasteiger partial charge in [0.25, 0.3) is 0 Å². The Labute approximate surface area is 264 Å². The molecule has 11 nitrogen and oxygen atoms in total. The van der Waals surface area contributed by atoms with Gasteiger partial charge in [0.1, 0.15) is 17.1 Å². The molecule has 1 N–H and O–H groups in total. The molecule has 0 bridgehead atoms. The smallest absolute Gasteiger partial charge is 0.406 e. The molecule has 1 amide bonds. The van der Waals surface area contributed by atoms with Crippen LogP contribution in [0.3, 0.4) is 0 Å². The highest BCUT2D eigenvalue weighted by Crippen LogP contribution is 2.29. The van der Waals surface area contributed by atoms with Gasteiger partial charge in [-0.05, 0) is 60.9 Å². The number of hydrogen-bond donors (Lipinski definition) is 1. The van der Waals surface area contributed by atoms with Crippen molar-refractivity contribution in [1.29, 1.82) is 0 Å². The van der Waals surface area contributed by atoms with Crippen molar-refractivity contribution >= 4 is 38.5 Å². The third kappa shape index (κ3) is 7.31. The van der Waals surface area contributed by atoms with Crippen molar-refractivity contribution in [1.82, 2.24) is 24.6 Å². The van der Waals surface area contributed by atoms with Crippen molar-refractivity contribution in [3.63, 3.8) is 0 Å². The van der Waals surface area contributed by atoms with E-state index >= 15 is 0 Å². The molecule has 0 aliphatic carbocycles. The van der Waals surface area contributed by atoms with Crippen molar-refractivity contribution in [2.75, 3.05) is 42.5 Å². The first kappa shape index (κ1) is 31.5. The molecule has 2 fully saturated rings. The summed E-state index contributed by atoms with van der Waals surface area (Å²) in [7, 11) is -3.97. The van der Waals surface area contributed by atoms with E-state index in [1.165, 1.54) is 16.4 Å². The highest BCUT2D eigenvalue weighted by atomic mass is 32.2. The molecule has 6 rings (SSSR count). The van der Waals surface area contributed by atoms with E-state index in [0.717, 1.165) is 43.8 Å². The van der Waals surface area contributed by atoms with Crippen LogP contribution in [0.5, 0.6) is 5.75 Å². The number of pyridine rings is 1. The lowest BCUT2D eigenvalue weighted by Gasteiger charge is -2.40. The number of nitrogens with zero attached hydrogens (tertiary/aromatic N) is 6. The lowest BCUT2D eigenvalue weighted by atomic mass is 10.1. The quantitative estimate of drug-likeness (QED) is 0.284. The Balaban J connectivity index is 1.19. The summed E-state index contributed by atoms with van der Waals surface area (Å²) in [5.41, 5.74) is 2.79. The van der Waals surface area contributed by atoms with Crippen molar-refractivity contribution in [3.05, 3.63) is 78.8 Å². The minimum Gasteiger partial charge on any atom is -0.406 e. The van der Waals surface area contributed by atoms with Gasteiger partial charge in [-0.25, -0.2) is 18.4 Å². The molecular weight excluding hydrogens is 623 g/mol. The molecule has 4 heterocycles. The Kier molecular flexibility index (Phi) is 8.95. The van der Waals surface area contributed by atoms with E-state index in [0.29, 0.717) is 29.0 Å². The van der Waals surface area contributed by atoms with Crippen LogP contribution in [-0.2, 0) is 21.4 Å². The fourth-order valence-corrected chi connectivity index (χ4v) is 7.38. The number of aromatic nitrogens is 3. The van der Waals surface area contributed by atoms with Crippen LogP contribution >= 0.6 is 0 Å². The number of fused-ring (bicyclic) bond motifs is 1. The van der Waals surface area contributed by atoms with E-state index in [1.807, 2.05) is 17.0 Å². The molecule has 0 spiro atoms. The summed E-state index contributed by atoms with van der Waals surface area (Å²) in [5, 5.41) is 2.76. The molecule has 242 valence electrons. The summed E-state index contributed by atoms with van der Waals surface area (Å²) in [6.07, 6.45) is 2.08. The molecule has 1 atom stereocenters. The van der Waals surface area contributed by atoms with E-state index in [4.69, 9.17) is 0 Å². The summed E-state index contributed by atoms with van der Waals surface area (Å²) in [5.74, 6) is -0.229. The van der Waals surface area contributed by atoms with Gasteiger partial charge < -0.3 is 19.9 Å². The fraction of sp³-hybridized carbons (Fsp3) is 0.355. The highest BCUT2D eigenvalue weighted by molar-refractivity contribution is 7.89. The zero-order chi connectivity index (χ0) is 32.3. The Morgan fingerprint density at radius 1 is 0.913 bits per heavy atom. The second-order valence-corrected chi connectivity index (χ2v) is 13.1. The molecule has 15 heteroatoms. The molecule has 4 aromatic rings. The van der Waals surface area contributed by atoms with Gasteiger partial charge in [0.2, 0.25) is 15.9 Å².